The lowest BCUT2D eigenvalue weighted by Crippen LogP contribution is -2.37. The van der Waals surface area contributed by atoms with E-state index in [9.17, 15) is 0 Å². The van der Waals surface area contributed by atoms with Crippen LogP contribution in [0.3, 0.4) is 0 Å². The molecule has 1 aliphatic rings. The quantitative estimate of drug-likeness (QED) is 0.862. The molecular formula is C15H19BrN4. The van der Waals surface area contributed by atoms with Crippen LogP contribution in [0, 0.1) is 0 Å². The molecule has 0 aliphatic carbocycles. The van der Waals surface area contributed by atoms with Crippen molar-refractivity contribution in [3.8, 4) is 0 Å². The first kappa shape index (κ1) is 13.6. The van der Waals surface area contributed by atoms with E-state index in [1.165, 1.54) is 24.4 Å². The molecule has 2 aromatic heterocycles. The van der Waals surface area contributed by atoms with Crippen molar-refractivity contribution in [3.63, 3.8) is 0 Å². The molecule has 1 fully saturated rings. The summed E-state index contributed by atoms with van der Waals surface area (Å²) in [5, 5.41) is 0. The lowest BCUT2D eigenvalue weighted by molar-refractivity contribution is 0.396. The average Bonchev–Trinajstić information content (AvgIpc) is 2.96. The molecule has 0 radical (unpaired) electrons. The summed E-state index contributed by atoms with van der Waals surface area (Å²) in [5.41, 5.74) is 1.20. The Balaban J connectivity index is 1.80. The van der Waals surface area contributed by atoms with E-state index >= 15 is 0 Å². The molecule has 1 saturated heterocycles. The number of pyridine rings is 1. The molecule has 0 bridgehead atoms. The Morgan fingerprint density at radius 2 is 2.30 bits per heavy atom. The molecule has 5 heteroatoms. The molecule has 0 amide bonds. The Labute approximate surface area is 128 Å². The van der Waals surface area contributed by atoms with Crippen molar-refractivity contribution in [2.75, 3.05) is 18.0 Å². The van der Waals surface area contributed by atoms with Crippen LogP contribution < -0.4 is 4.90 Å². The highest BCUT2D eigenvalue weighted by atomic mass is 79.9. The molecule has 3 rings (SSSR count). The van der Waals surface area contributed by atoms with Gasteiger partial charge in [0.05, 0.1) is 17.9 Å². The van der Waals surface area contributed by atoms with Gasteiger partial charge in [-0.25, -0.2) is 4.98 Å². The van der Waals surface area contributed by atoms with E-state index < -0.39 is 0 Å². The highest BCUT2D eigenvalue weighted by Gasteiger charge is 2.22. The summed E-state index contributed by atoms with van der Waals surface area (Å²) in [7, 11) is 0. The van der Waals surface area contributed by atoms with Gasteiger partial charge in [-0.15, -0.1) is 0 Å². The van der Waals surface area contributed by atoms with Crippen LogP contribution in [-0.2, 0) is 6.42 Å². The number of anilines is 1. The Morgan fingerprint density at radius 3 is 3.10 bits per heavy atom. The first-order valence-electron chi connectivity index (χ1n) is 7.15. The van der Waals surface area contributed by atoms with Gasteiger partial charge < -0.3 is 9.47 Å². The van der Waals surface area contributed by atoms with E-state index in [0.717, 1.165) is 24.0 Å². The van der Waals surface area contributed by atoms with Crippen LogP contribution in [0.2, 0.25) is 0 Å². The Morgan fingerprint density at radius 1 is 1.40 bits per heavy atom. The summed E-state index contributed by atoms with van der Waals surface area (Å²) < 4.78 is 3.38. The largest absolute Gasteiger partial charge is 0.368 e. The molecule has 20 heavy (non-hydrogen) atoms. The summed E-state index contributed by atoms with van der Waals surface area (Å²) in [6.45, 7) is 4.30. The van der Waals surface area contributed by atoms with E-state index in [4.69, 9.17) is 0 Å². The molecule has 1 aliphatic heterocycles. The van der Waals surface area contributed by atoms with E-state index in [1.807, 2.05) is 18.6 Å². The second kappa shape index (κ2) is 5.95. The van der Waals surface area contributed by atoms with Crippen molar-refractivity contribution in [1.29, 1.82) is 0 Å². The van der Waals surface area contributed by atoms with E-state index in [-0.39, 0.29) is 0 Å². The molecule has 0 saturated carbocycles. The molecule has 106 valence electrons. The third-order valence-corrected chi connectivity index (χ3v) is 4.34. The molecule has 0 unspecified atom stereocenters. The summed E-state index contributed by atoms with van der Waals surface area (Å²) in [6.07, 6.45) is 11.2. The zero-order valence-corrected chi connectivity index (χ0v) is 13.3. The molecular weight excluding hydrogens is 316 g/mol. The second-order valence-corrected chi connectivity index (χ2v) is 6.12. The number of hydrogen-bond acceptors (Lipinski definition) is 3. The first-order valence-corrected chi connectivity index (χ1v) is 7.94. The summed E-state index contributed by atoms with van der Waals surface area (Å²) in [6, 6.07) is 2.66. The standard InChI is InChI=1S/C15H19BrN4/c1-2-15-18-5-7-20(15)13-4-3-6-19(11-13)14-8-12(16)9-17-10-14/h5,7-10,13H,2-4,6,11H2,1H3/t13-/m0/s1. The van der Waals surface area contributed by atoms with Crippen molar-refractivity contribution in [2.45, 2.75) is 32.2 Å². The van der Waals surface area contributed by atoms with Gasteiger partial charge in [0.1, 0.15) is 5.82 Å². The number of rotatable bonds is 3. The van der Waals surface area contributed by atoms with Gasteiger partial charge in [0.15, 0.2) is 0 Å². The maximum atomic E-state index is 4.45. The Bertz CT molecular complexity index is 581. The molecule has 2 aromatic rings. The monoisotopic (exact) mass is 334 g/mol. The average molecular weight is 335 g/mol. The van der Waals surface area contributed by atoms with Crippen LogP contribution in [0.15, 0.2) is 35.3 Å². The van der Waals surface area contributed by atoms with Crippen LogP contribution in [0.25, 0.3) is 0 Å². The van der Waals surface area contributed by atoms with Crippen LogP contribution in [0.1, 0.15) is 31.6 Å². The highest BCUT2D eigenvalue weighted by Crippen LogP contribution is 2.28. The zero-order chi connectivity index (χ0) is 13.9. The smallest absolute Gasteiger partial charge is 0.108 e. The van der Waals surface area contributed by atoms with Crippen molar-refractivity contribution in [2.24, 2.45) is 0 Å². The number of halogens is 1. The second-order valence-electron chi connectivity index (χ2n) is 5.21. The first-order chi connectivity index (χ1) is 9.78. The van der Waals surface area contributed by atoms with Crippen molar-refractivity contribution in [1.82, 2.24) is 14.5 Å². The topological polar surface area (TPSA) is 34.0 Å². The van der Waals surface area contributed by atoms with Crippen molar-refractivity contribution >= 4 is 21.6 Å². The molecule has 3 heterocycles. The summed E-state index contributed by atoms with van der Waals surface area (Å²) in [5.74, 6) is 1.18. The minimum absolute atomic E-state index is 0.514. The molecule has 1 atom stereocenters. The van der Waals surface area contributed by atoms with Crippen molar-refractivity contribution in [3.05, 3.63) is 41.2 Å². The summed E-state index contributed by atoms with van der Waals surface area (Å²) >= 11 is 3.50. The lowest BCUT2D eigenvalue weighted by Gasteiger charge is -2.35. The van der Waals surface area contributed by atoms with E-state index in [0.29, 0.717) is 6.04 Å². The third kappa shape index (κ3) is 2.73. The summed E-state index contributed by atoms with van der Waals surface area (Å²) in [4.78, 5) is 11.1. The molecule has 0 N–H and O–H groups in total. The van der Waals surface area contributed by atoms with Crippen LogP contribution in [-0.4, -0.2) is 27.6 Å². The van der Waals surface area contributed by atoms with Crippen LogP contribution in [0.4, 0.5) is 5.69 Å². The normalized spacial score (nSPS) is 19.3. The maximum absolute atomic E-state index is 4.45. The highest BCUT2D eigenvalue weighted by molar-refractivity contribution is 9.10. The van der Waals surface area contributed by atoms with Gasteiger partial charge in [0.2, 0.25) is 0 Å². The lowest BCUT2D eigenvalue weighted by atomic mass is 10.0. The minimum atomic E-state index is 0.514. The maximum Gasteiger partial charge on any atom is 0.108 e. The van der Waals surface area contributed by atoms with Gasteiger partial charge in [-0.2, -0.15) is 0 Å². The SMILES string of the molecule is CCc1nccn1[C@H]1CCCN(c2cncc(Br)c2)C1. The number of piperidine rings is 1. The Kier molecular flexibility index (Phi) is 4.05. The molecule has 0 spiro atoms. The number of nitrogens with zero attached hydrogens (tertiary/aromatic N) is 4. The third-order valence-electron chi connectivity index (χ3n) is 3.91. The van der Waals surface area contributed by atoms with Gasteiger partial charge in [0, 0.05) is 42.6 Å². The Hall–Kier alpha value is -1.36. The van der Waals surface area contributed by atoms with Gasteiger partial charge in [0.25, 0.3) is 0 Å². The number of aryl methyl sites for hydroxylation is 1. The number of hydrogen-bond donors (Lipinski definition) is 0. The van der Waals surface area contributed by atoms with E-state index in [2.05, 4.69) is 54.6 Å². The fraction of sp³-hybridized carbons (Fsp3) is 0.467. The molecule has 4 nitrogen and oxygen atoms in total. The van der Waals surface area contributed by atoms with Gasteiger partial charge in [-0.1, -0.05) is 6.92 Å². The number of aromatic nitrogens is 3. The predicted molar refractivity (Wildman–Crippen MR) is 84.0 cm³/mol. The van der Waals surface area contributed by atoms with E-state index in [1.54, 1.807) is 0 Å². The molecule has 0 aromatic carbocycles. The van der Waals surface area contributed by atoms with Crippen molar-refractivity contribution < 1.29 is 0 Å². The number of imidazole rings is 1. The zero-order valence-electron chi connectivity index (χ0n) is 11.7. The van der Waals surface area contributed by atoms with Gasteiger partial charge >= 0.3 is 0 Å². The van der Waals surface area contributed by atoms with Crippen LogP contribution >= 0.6 is 15.9 Å². The predicted octanol–water partition coefficient (Wildman–Crippen LogP) is 3.44. The minimum Gasteiger partial charge on any atom is -0.368 e. The fourth-order valence-electron chi connectivity index (χ4n) is 2.94. The fourth-order valence-corrected chi connectivity index (χ4v) is 3.29. The van der Waals surface area contributed by atoms with Crippen LogP contribution in [0.5, 0.6) is 0 Å². The van der Waals surface area contributed by atoms with Gasteiger partial charge in [-0.05, 0) is 34.8 Å². The van der Waals surface area contributed by atoms with Gasteiger partial charge in [-0.3, -0.25) is 4.98 Å².